The van der Waals surface area contributed by atoms with Crippen molar-refractivity contribution in [3.05, 3.63) is 11.6 Å². The molecule has 1 N–H and O–H groups in total. The minimum Gasteiger partial charge on any atom is -0.389 e. The number of ether oxygens (including phenoxy) is 1. The minimum atomic E-state index is -0.471. The van der Waals surface area contributed by atoms with E-state index in [1.807, 2.05) is 0 Å². The van der Waals surface area contributed by atoms with Crippen LogP contribution in [0, 0.1) is 17.3 Å². The second kappa shape index (κ2) is 3.67. The molecule has 0 bridgehead atoms. The number of hydrogen-bond donors (Lipinski definition) is 1. The van der Waals surface area contributed by atoms with E-state index in [1.54, 1.807) is 6.08 Å². The summed E-state index contributed by atoms with van der Waals surface area (Å²) in [5, 5.41) is 10.4. The molecule has 0 amide bonds. The summed E-state index contributed by atoms with van der Waals surface area (Å²) in [7, 11) is 0. The molecule has 0 aromatic rings. The zero-order chi connectivity index (χ0) is 13.1. The van der Waals surface area contributed by atoms with Crippen LogP contribution in [0.15, 0.2) is 11.6 Å². The van der Waals surface area contributed by atoms with Crippen LogP contribution in [0.1, 0.15) is 40.0 Å². The number of aliphatic hydroxyl groups excluding tert-OH is 1. The molecule has 3 rings (SSSR count). The molecule has 2 fully saturated rings. The monoisotopic (exact) mass is 250 g/mol. The van der Waals surface area contributed by atoms with Crippen LogP contribution in [-0.2, 0) is 9.53 Å². The van der Waals surface area contributed by atoms with Gasteiger partial charge in [0.25, 0.3) is 0 Å². The lowest BCUT2D eigenvalue weighted by Gasteiger charge is -2.49. The van der Waals surface area contributed by atoms with Gasteiger partial charge in [-0.05, 0) is 48.7 Å². The normalized spacial score (nSPS) is 51.7. The standard InChI is InChI=1S/C15H22O3/c1-9-4-11(16)6-12-13(17)5-10(7-14(9,12)2)15(3)8-18-15/h6,9-10,13,17H,4-5,7-8H2,1-3H3/t9-,10-,13-,14+,15-/m1/s1. The highest BCUT2D eigenvalue weighted by Crippen LogP contribution is 2.56. The molecule has 18 heavy (non-hydrogen) atoms. The van der Waals surface area contributed by atoms with Gasteiger partial charge in [-0.25, -0.2) is 0 Å². The lowest BCUT2D eigenvalue weighted by atomic mass is 9.56. The van der Waals surface area contributed by atoms with Gasteiger partial charge in [-0.2, -0.15) is 0 Å². The molecule has 100 valence electrons. The second-order valence-electron chi connectivity index (χ2n) is 6.84. The van der Waals surface area contributed by atoms with Crippen molar-refractivity contribution >= 4 is 5.78 Å². The van der Waals surface area contributed by atoms with Crippen molar-refractivity contribution in [3.8, 4) is 0 Å². The highest BCUT2D eigenvalue weighted by Gasteiger charge is 2.55. The maximum Gasteiger partial charge on any atom is 0.156 e. The van der Waals surface area contributed by atoms with Gasteiger partial charge in [-0.15, -0.1) is 0 Å². The quantitative estimate of drug-likeness (QED) is 0.725. The molecule has 0 spiro atoms. The molecule has 1 saturated carbocycles. The van der Waals surface area contributed by atoms with E-state index < -0.39 is 6.10 Å². The molecule has 1 aliphatic heterocycles. The molecule has 3 aliphatic rings. The highest BCUT2D eigenvalue weighted by atomic mass is 16.6. The van der Waals surface area contributed by atoms with Crippen molar-refractivity contribution in [2.75, 3.05) is 6.61 Å². The first kappa shape index (κ1) is 12.4. The van der Waals surface area contributed by atoms with Crippen molar-refractivity contribution in [2.45, 2.75) is 51.7 Å². The molecular formula is C15H22O3. The maximum absolute atomic E-state index is 11.7. The topological polar surface area (TPSA) is 49.8 Å². The minimum absolute atomic E-state index is 0.0311. The van der Waals surface area contributed by atoms with Crippen LogP contribution in [0.5, 0.6) is 0 Å². The van der Waals surface area contributed by atoms with Gasteiger partial charge < -0.3 is 9.84 Å². The predicted octanol–water partition coefficient (Wildman–Crippen LogP) is 2.09. The number of carbonyl (C=O) groups is 1. The van der Waals surface area contributed by atoms with Gasteiger partial charge in [0.05, 0.1) is 18.3 Å². The van der Waals surface area contributed by atoms with Crippen LogP contribution in [0.2, 0.25) is 0 Å². The Labute approximate surface area is 108 Å². The lowest BCUT2D eigenvalue weighted by Crippen LogP contribution is -2.47. The Kier molecular flexibility index (Phi) is 2.52. The Bertz CT molecular complexity index is 421. The number of ketones is 1. The Morgan fingerprint density at radius 2 is 2.11 bits per heavy atom. The Balaban J connectivity index is 1.95. The third-order valence-corrected chi connectivity index (χ3v) is 5.57. The second-order valence-corrected chi connectivity index (χ2v) is 6.84. The molecule has 1 heterocycles. The Morgan fingerprint density at radius 1 is 1.44 bits per heavy atom. The number of allylic oxidation sites excluding steroid dienone is 1. The fraction of sp³-hybridized carbons (Fsp3) is 0.800. The van der Waals surface area contributed by atoms with Gasteiger partial charge in [0.2, 0.25) is 0 Å². The van der Waals surface area contributed by atoms with Crippen LogP contribution < -0.4 is 0 Å². The molecule has 0 unspecified atom stereocenters. The summed E-state index contributed by atoms with van der Waals surface area (Å²) in [6, 6.07) is 0. The predicted molar refractivity (Wildman–Crippen MR) is 68.1 cm³/mol. The SMILES string of the molecule is C[C@@H]1CC(=O)C=C2[C@H](O)C[C@@H]([C@@]3(C)CO3)C[C@]21C. The molecule has 0 aromatic carbocycles. The first-order valence-electron chi connectivity index (χ1n) is 6.92. The van der Waals surface area contributed by atoms with E-state index in [4.69, 9.17) is 4.74 Å². The van der Waals surface area contributed by atoms with Crippen molar-refractivity contribution in [1.29, 1.82) is 0 Å². The van der Waals surface area contributed by atoms with Gasteiger partial charge in [-0.3, -0.25) is 4.79 Å². The molecule has 2 aliphatic carbocycles. The van der Waals surface area contributed by atoms with Crippen molar-refractivity contribution in [1.82, 2.24) is 0 Å². The van der Waals surface area contributed by atoms with Gasteiger partial charge >= 0.3 is 0 Å². The summed E-state index contributed by atoms with van der Waals surface area (Å²) in [6.45, 7) is 7.29. The number of fused-ring (bicyclic) bond motifs is 1. The lowest BCUT2D eigenvalue weighted by molar-refractivity contribution is -0.118. The van der Waals surface area contributed by atoms with Crippen molar-refractivity contribution in [2.24, 2.45) is 17.3 Å². The van der Waals surface area contributed by atoms with Crippen molar-refractivity contribution < 1.29 is 14.6 Å². The smallest absolute Gasteiger partial charge is 0.156 e. The van der Waals surface area contributed by atoms with Gasteiger partial charge in [0.15, 0.2) is 5.78 Å². The van der Waals surface area contributed by atoms with Crippen LogP contribution in [0.25, 0.3) is 0 Å². The summed E-state index contributed by atoms with van der Waals surface area (Å²) < 4.78 is 5.57. The molecule has 1 saturated heterocycles. The largest absolute Gasteiger partial charge is 0.389 e. The van der Waals surface area contributed by atoms with E-state index in [1.165, 1.54) is 0 Å². The molecular weight excluding hydrogens is 228 g/mol. The molecule has 3 heteroatoms. The Morgan fingerprint density at radius 3 is 2.72 bits per heavy atom. The van der Waals surface area contributed by atoms with E-state index in [-0.39, 0.29) is 16.8 Å². The van der Waals surface area contributed by atoms with E-state index in [0.717, 1.165) is 25.0 Å². The summed E-state index contributed by atoms with van der Waals surface area (Å²) >= 11 is 0. The fourth-order valence-corrected chi connectivity index (χ4v) is 3.81. The van der Waals surface area contributed by atoms with E-state index in [9.17, 15) is 9.90 Å². The molecule has 3 nitrogen and oxygen atoms in total. The van der Waals surface area contributed by atoms with Gasteiger partial charge in [0.1, 0.15) is 0 Å². The number of carbonyl (C=O) groups excluding carboxylic acids is 1. The first-order valence-corrected chi connectivity index (χ1v) is 6.92. The summed E-state index contributed by atoms with van der Waals surface area (Å²) in [5.41, 5.74) is 0.897. The van der Waals surface area contributed by atoms with E-state index in [0.29, 0.717) is 18.3 Å². The first-order chi connectivity index (χ1) is 8.35. The number of aliphatic hydroxyl groups is 1. The summed E-state index contributed by atoms with van der Waals surface area (Å²) in [6.07, 6.45) is 3.61. The number of epoxide rings is 1. The van der Waals surface area contributed by atoms with E-state index in [2.05, 4.69) is 20.8 Å². The van der Waals surface area contributed by atoms with Gasteiger partial charge in [-0.1, -0.05) is 13.8 Å². The zero-order valence-corrected chi connectivity index (χ0v) is 11.4. The van der Waals surface area contributed by atoms with Crippen LogP contribution >= 0.6 is 0 Å². The maximum atomic E-state index is 11.7. The van der Waals surface area contributed by atoms with Crippen LogP contribution in [0.3, 0.4) is 0 Å². The van der Waals surface area contributed by atoms with Crippen LogP contribution in [0.4, 0.5) is 0 Å². The average molecular weight is 250 g/mol. The number of rotatable bonds is 1. The zero-order valence-electron chi connectivity index (χ0n) is 11.4. The van der Waals surface area contributed by atoms with E-state index >= 15 is 0 Å². The summed E-state index contributed by atoms with van der Waals surface area (Å²) in [5.74, 6) is 0.886. The Hall–Kier alpha value is -0.670. The molecule has 0 radical (unpaired) electrons. The third kappa shape index (κ3) is 1.68. The summed E-state index contributed by atoms with van der Waals surface area (Å²) in [4.78, 5) is 11.7. The van der Waals surface area contributed by atoms with Crippen LogP contribution in [-0.4, -0.2) is 29.2 Å². The highest BCUT2D eigenvalue weighted by molar-refractivity contribution is 5.92. The number of hydrogen-bond acceptors (Lipinski definition) is 3. The molecule has 5 atom stereocenters. The average Bonchev–Trinajstić information content (AvgIpc) is 3.01. The van der Waals surface area contributed by atoms with Gasteiger partial charge in [0, 0.05) is 6.42 Å². The fourth-order valence-electron chi connectivity index (χ4n) is 3.81. The van der Waals surface area contributed by atoms with Crippen molar-refractivity contribution in [3.63, 3.8) is 0 Å². The molecule has 0 aromatic heterocycles. The third-order valence-electron chi connectivity index (χ3n) is 5.57.